The lowest BCUT2D eigenvalue weighted by atomic mass is 9.93. The van der Waals surface area contributed by atoms with Crippen LogP contribution in [0.5, 0.6) is 0 Å². The number of nitrogens with zero attached hydrogens (tertiary/aromatic N) is 3. The molecule has 0 spiro atoms. The van der Waals surface area contributed by atoms with Crippen LogP contribution in [-0.4, -0.2) is 29.1 Å². The molecule has 2 atom stereocenters. The van der Waals surface area contributed by atoms with Gasteiger partial charge in [-0.2, -0.15) is 0 Å². The van der Waals surface area contributed by atoms with Crippen LogP contribution in [0, 0.1) is 12.8 Å². The van der Waals surface area contributed by atoms with Crippen LogP contribution in [0.4, 0.5) is 11.6 Å². The molecule has 106 valence electrons. The van der Waals surface area contributed by atoms with Crippen molar-refractivity contribution in [2.75, 3.05) is 23.3 Å². The van der Waals surface area contributed by atoms with Crippen LogP contribution in [0.3, 0.4) is 0 Å². The van der Waals surface area contributed by atoms with E-state index in [1.165, 1.54) is 18.4 Å². The van der Waals surface area contributed by atoms with Gasteiger partial charge in [-0.15, -0.1) is 0 Å². The molecule has 1 aliphatic rings. The van der Waals surface area contributed by atoms with E-state index in [1.54, 1.807) is 6.33 Å². The quantitative estimate of drug-likeness (QED) is 0.904. The molecule has 1 N–H and O–H groups in total. The highest BCUT2D eigenvalue weighted by Gasteiger charge is 2.25. The van der Waals surface area contributed by atoms with Crippen LogP contribution in [0.1, 0.15) is 45.6 Å². The van der Waals surface area contributed by atoms with E-state index in [4.69, 9.17) is 0 Å². The maximum absolute atomic E-state index is 4.52. The second-order valence-corrected chi connectivity index (χ2v) is 5.77. The molecule has 0 saturated carbocycles. The Morgan fingerprint density at radius 2 is 2.16 bits per heavy atom. The summed E-state index contributed by atoms with van der Waals surface area (Å²) in [5.41, 5.74) is 1.18. The third-order valence-corrected chi connectivity index (χ3v) is 4.01. The third kappa shape index (κ3) is 3.17. The largest absolute Gasteiger partial charge is 0.370 e. The van der Waals surface area contributed by atoms with Gasteiger partial charge in [-0.1, -0.05) is 13.8 Å². The molecule has 0 amide bonds. The second kappa shape index (κ2) is 6.22. The summed E-state index contributed by atoms with van der Waals surface area (Å²) in [6.45, 7) is 11.0. The van der Waals surface area contributed by atoms with Gasteiger partial charge in [0.25, 0.3) is 0 Å². The summed E-state index contributed by atoms with van der Waals surface area (Å²) in [6.07, 6.45) is 5.30. The predicted molar refractivity (Wildman–Crippen MR) is 80.8 cm³/mol. The van der Waals surface area contributed by atoms with Gasteiger partial charge < -0.3 is 10.2 Å². The van der Waals surface area contributed by atoms with Gasteiger partial charge in [-0.05, 0) is 39.0 Å². The molecular weight excluding hydrogens is 236 g/mol. The molecule has 2 unspecified atom stereocenters. The summed E-state index contributed by atoms with van der Waals surface area (Å²) in [5.74, 6) is 2.91. The standard InChI is InChI=1S/C15H26N4/c1-5-7-16-14-13(4)15(18-10-17-14)19-8-6-11(2)9-12(19)3/h10-12H,5-9H2,1-4H3,(H,16,17,18). The molecule has 4 nitrogen and oxygen atoms in total. The van der Waals surface area contributed by atoms with Crippen LogP contribution in [-0.2, 0) is 0 Å². The Morgan fingerprint density at radius 1 is 1.37 bits per heavy atom. The van der Waals surface area contributed by atoms with E-state index in [-0.39, 0.29) is 0 Å². The second-order valence-electron chi connectivity index (χ2n) is 5.77. The summed E-state index contributed by atoms with van der Waals surface area (Å²) in [7, 11) is 0. The number of rotatable bonds is 4. The van der Waals surface area contributed by atoms with E-state index in [0.717, 1.165) is 37.1 Å². The molecule has 2 heterocycles. The topological polar surface area (TPSA) is 41.1 Å². The molecule has 0 aromatic carbocycles. The molecule has 1 aromatic rings. The Hall–Kier alpha value is -1.32. The minimum atomic E-state index is 0.566. The van der Waals surface area contributed by atoms with Gasteiger partial charge in [0.15, 0.2) is 0 Å². The van der Waals surface area contributed by atoms with Gasteiger partial charge in [-0.25, -0.2) is 9.97 Å². The first kappa shape index (κ1) is 14.1. The molecule has 0 aliphatic carbocycles. The number of anilines is 2. The lowest BCUT2D eigenvalue weighted by Gasteiger charge is -2.38. The van der Waals surface area contributed by atoms with Crippen molar-refractivity contribution in [3.8, 4) is 0 Å². The van der Waals surface area contributed by atoms with Crippen LogP contribution in [0.15, 0.2) is 6.33 Å². The summed E-state index contributed by atoms with van der Waals surface area (Å²) in [4.78, 5) is 11.3. The average Bonchev–Trinajstić information content (AvgIpc) is 2.38. The maximum atomic E-state index is 4.52. The van der Waals surface area contributed by atoms with Crippen molar-refractivity contribution in [3.63, 3.8) is 0 Å². The van der Waals surface area contributed by atoms with Gasteiger partial charge in [0.05, 0.1) is 0 Å². The smallest absolute Gasteiger partial charge is 0.137 e. The molecule has 2 rings (SSSR count). The Balaban J connectivity index is 2.19. The number of piperidine rings is 1. The summed E-state index contributed by atoms with van der Waals surface area (Å²) >= 11 is 0. The average molecular weight is 262 g/mol. The lowest BCUT2D eigenvalue weighted by molar-refractivity contribution is 0.375. The highest BCUT2D eigenvalue weighted by molar-refractivity contribution is 5.58. The van der Waals surface area contributed by atoms with E-state index in [0.29, 0.717) is 6.04 Å². The normalized spacial score (nSPS) is 23.5. The molecule has 1 aromatic heterocycles. The molecule has 19 heavy (non-hydrogen) atoms. The first-order valence-corrected chi connectivity index (χ1v) is 7.45. The predicted octanol–water partition coefficient (Wildman–Crippen LogP) is 3.23. The van der Waals surface area contributed by atoms with E-state index < -0.39 is 0 Å². The van der Waals surface area contributed by atoms with E-state index in [1.807, 2.05) is 0 Å². The van der Waals surface area contributed by atoms with Crippen LogP contribution in [0.25, 0.3) is 0 Å². The van der Waals surface area contributed by atoms with E-state index >= 15 is 0 Å². The molecule has 1 saturated heterocycles. The van der Waals surface area contributed by atoms with Gasteiger partial charge in [0, 0.05) is 24.7 Å². The minimum absolute atomic E-state index is 0.566. The van der Waals surface area contributed by atoms with Crippen LogP contribution >= 0.6 is 0 Å². The number of hydrogen-bond donors (Lipinski definition) is 1. The highest BCUT2D eigenvalue weighted by Crippen LogP contribution is 2.30. The zero-order valence-electron chi connectivity index (χ0n) is 12.6. The number of aromatic nitrogens is 2. The Kier molecular flexibility index (Phi) is 4.61. The fourth-order valence-electron chi connectivity index (χ4n) is 2.87. The molecular formula is C15H26N4. The monoisotopic (exact) mass is 262 g/mol. The van der Waals surface area contributed by atoms with Crippen molar-refractivity contribution in [2.24, 2.45) is 5.92 Å². The molecule has 1 fully saturated rings. The molecule has 0 radical (unpaired) electrons. The zero-order valence-corrected chi connectivity index (χ0v) is 12.6. The van der Waals surface area contributed by atoms with Crippen molar-refractivity contribution in [1.29, 1.82) is 0 Å². The number of nitrogens with one attached hydrogen (secondary N) is 1. The lowest BCUT2D eigenvalue weighted by Crippen LogP contribution is -2.41. The van der Waals surface area contributed by atoms with Crippen molar-refractivity contribution in [1.82, 2.24) is 9.97 Å². The fraction of sp³-hybridized carbons (Fsp3) is 0.733. The van der Waals surface area contributed by atoms with Gasteiger partial charge in [0.1, 0.15) is 18.0 Å². The van der Waals surface area contributed by atoms with Crippen LogP contribution < -0.4 is 10.2 Å². The minimum Gasteiger partial charge on any atom is -0.370 e. The number of hydrogen-bond acceptors (Lipinski definition) is 4. The Bertz CT molecular complexity index is 419. The van der Waals surface area contributed by atoms with E-state index in [2.05, 4.69) is 47.9 Å². The van der Waals surface area contributed by atoms with E-state index in [9.17, 15) is 0 Å². The molecule has 0 bridgehead atoms. The third-order valence-electron chi connectivity index (χ3n) is 4.01. The van der Waals surface area contributed by atoms with Crippen molar-refractivity contribution in [3.05, 3.63) is 11.9 Å². The van der Waals surface area contributed by atoms with Gasteiger partial charge in [0.2, 0.25) is 0 Å². The first-order valence-electron chi connectivity index (χ1n) is 7.45. The Morgan fingerprint density at radius 3 is 2.84 bits per heavy atom. The SMILES string of the molecule is CCCNc1ncnc(N2CCC(C)CC2C)c1C. The van der Waals surface area contributed by atoms with Crippen molar-refractivity contribution < 1.29 is 0 Å². The highest BCUT2D eigenvalue weighted by atomic mass is 15.2. The Labute approximate surface area is 116 Å². The summed E-state index contributed by atoms with van der Waals surface area (Å²) in [6, 6.07) is 0.566. The van der Waals surface area contributed by atoms with Crippen LogP contribution in [0.2, 0.25) is 0 Å². The van der Waals surface area contributed by atoms with Gasteiger partial charge in [-0.3, -0.25) is 0 Å². The van der Waals surface area contributed by atoms with Gasteiger partial charge >= 0.3 is 0 Å². The maximum Gasteiger partial charge on any atom is 0.137 e. The van der Waals surface area contributed by atoms with Crippen molar-refractivity contribution in [2.45, 2.75) is 53.0 Å². The summed E-state index contributed by atoms with van der Waals surface area (Å²) < 4.78 is 0. The molecule has 4 heteroatoms. The zero-order chi connectivity index (χ0) is 13.8. The van der Waals surface area contributed by atoms with Crippen molar-refractivity contribution >= 4 is 11.6 Å². The fourth-order valence-corrected chi connectivity index (χ4v) is 2.87. The summed E-state index contributed by atoms with van der Waals surface area (Å²) in [5, 5.41) is 3.39. The first-order chi connectivity index (χ1) is 9.13. The molecule has 1 aliphatic heterocycles.